The molecule has 0 N–H and O–H groups in total. The van der Waals surface area contributed by atoms with Crippen molar-refractivity contribution in [1.29, 1.82) is 0 Å². The van der Waals surface area contributed by atoms with Crippen LogP contribution in [0.2, 0.25) is 0 Å². The first-order chi connectivity index (χ1) is 9.45. The van der Waals surface area contributed by atoms with Gasteiger partial charge in [0.1, 0.15) is 0 Å². The molecule has 0 aromatic heterocycles. The Morgan fingerprint density at radius 3 is 1.60 bits per heavy atom. The minimum absolute atomic E-state index is 0. The van der Waals surface area contributed by atoms with Crippen molar-refractivity contribution in [3.8, 4) is 0 Å². The van der Waals surface area contributed by atoms with Crippen LogP contribution in [0.3, 0.4) is 0 Å². The van der Waals surface area contributed by atoms with E-state index < -0.39 is 0 Å². The average Bonchev–Trinajstić information content (AvgIpc) is 2.51. The van der Waals surface area contributed by atoms with E-state index >= 15 is 0 Å². The Bertz CT molecular complexity index is 354. The molecule has 0 saturated heterocycles. The maximum absolute atomic E-state index is 2.43. The van der Waals surface area contributed by atoms with Crippen LogP contribution in [0.5, 0.6) is 0 Å². The monoisotopic (exact) mass is 282 g/mol. The predicted octanol–water partition coefficient (Wildman–Crippen LogP) is 2.58. The third kappa shape index (κ3) is 4.13. The Morgan fingerprint density at radius 2 is 1.15 bits per heavy atom. The summed E-state index contributed by atoms with van der Waals surface area (Å²) in [6.45, 7) is 0. The van der Waals surface area contributed by atoms with Crippen LogP contribution in [0.25, 0.3) is 0 Å². The SMILES string of the molecule is [H-].[Li+].c1ccc(P(C2CCCCC2)C2CCCCC2)cc1. The van der Waals surface area contributed by atoms with E-state index in [1.807, 2.05) is 0 Å². The van der Waals surface area contributed by atoms with Crippen LogP contribution in [0.1, 0.15) is 65.6 Å². The third-order valence-electron chi connectivity index (χ3n) is 4.99. The second-order valence-corrected chi connectivity index (χ2v) is 9.12. The van der Waals surface area contributed by atoms with E-state index in [1.165, 1.54) is 64.2 Å². The van der Waals surface area contributed by atoms with Crippen LogP contribution in [0, 0.1) is 0 Å². The molecule has 0 heterocycles. The Hall–Kier alpha value is 0.247. The van der Waals surface area contributed by atoms with Gasteiger partial charge in [-0.3, -0.25) is 0 Å². The first-order valence-electron chi connectivity index (χ1n) is 8.28. The molecule has 106 valence electrons. The molecule has 0 spiro atoms. The van der Waals surface area contributed by atoms with Crippen molar-refractivity contribution in [3.05, 3.63) is 30.3 Å². The normalized spacial score (nSPS) is 21.6. The molecule has 0 aliphatic heterocycles. The summed E-state index contributed by atoms with van der Waals surface area (Å²) in [7, 11) is 0.108. The molecule has 2 aliphatic carbocycles. The molecule has 0 nitrogen and oxygen atoms in total. The molecule has 2 saturated carbocycles. The standard InChI is InChI=1S/C18H27P.Li.H/c1-4-10-16(11-5-1)19(17-12-6-2-7-13-17)18-14-8-3-9-15-18;;/h1,4-5,10-11,17-18H,2-3,6-9,12-15H2;;/q;+1;-1. The Labute approximate surface area is 139 Å². The molecule has 2 fully saturated rings. The molecule has 2 aliphatic rings. The fourth-order valence-corrected chi connectivity index (χ4v) is 7.84. The first kappa shape index (κ1) is 16.6. The molecule has 0 radical (unpaired) electrons. The van der Waals surface area contributed by atoms with Gasteiger partial charge in [-0.15, -0.1) is 0 Å². The van der Waals surface area contributed by atoms with Gasteiger partial charge in [0, 0.05) is 0 Å². The van der Waals surface area contributed by atoms with Crippen LogP contribution in [-0.4, -0.2) is 11.3 Å². The van der Waals surface area contributed by atoms with Gasteiger partial charge in [-0.2, -0.15) is 0 Å². The molecule has 0 unspecified atom stereocenters. The van der Waals surface area contributed by atoms with E-state index in [0.717, 1.165) is 11.3 Å². The third-order valence-corrected chi connectivity index (χ3v) is 8.49. The quantitative estimate of drug-likeness (QED) is 0.590. The van der Waals surface area contributed by atoms with Crippen LogP contribution < -0.4 is 24.2 Å². The van der Waals surface area contributed by atoms with Gasteiger partial charge in [0.15, 0.2) is 0 Å². The summed E-state index contributed by atoms with van der Waals surface area (Å²) in [5, 5.41) is 1.70. The van der Waals surface area contributed by atoms with E-state index in [4.69, 9.17) is 0 Å². The fourth-order valence-electron chi connectivity index (χ4n) is 4.04. The molecule has 20 heavy (non-hydrogen) atoms. The first-order valence-corrected chi connectivity index (χ1v) is 9.76. The molecular formula is C18H28LiP. The van der Waals surface area contributed by atoms with Gasteiger partial charge < -0.3 is 1.43 Å². The minimum Gasteiger partial charge on any atom is -1.00 e. The summed E-state index contributed by atoms with van der Waals surface area (Å²) in [6.07, 6.45) is 15.0. The zero-order valence-corrected chi connectivity index (χ0v) is 14.0. The van der Waals surface area contributed by atoms with Crippen LogP contribution in [0.15, 0.2) is 30.3 Å². The number of hydrogen-bond acceptors (Lipinski definition) is 0. The smallest absolute Gasteiger partial charge is 1.00 e. The zero-order chi connectivity index (χ0) is 12.9. The van der Waals surface area contributed by atoms with Gasteiger partial charge in [0.05, 0.1) is 0 Å². The van der Waals surface area contributed by atoms with Gasteiger partial charge in [-0.1, -0.05) is 76.8 Å². The average molecular weight is 282 g/mol. The van der Waals surface area contributed by atoms with Crippen LogP contribution in [-0.2, 0) is 0 Å². The van der Waals surface area contributed by atoms with Crippen molar-refractivity contribution in [2.75, 3.05) is 0 Å². The molecule has 1 aromatic rings. The van der Waals surface area contributed by atoms with E-state index in [0.29, 0.717) is 0 Å². The second kappa shape index (κ2) is 8.63. The topological polar surface area (TPSA) is 0 Å². The summed E-state index contributed by atoms with van der Waals surface area (Å²) in [6, 6.07) is 11.6. The van der Waals surface area contributed by atoms with E-state index in [1.54, 1.807) is 5.30 Å². The van der Waals surface area contributed by atoms with Crippen molar-refractivity contribution in [1.82, 2.24) is 0 Å². The number of rotatable bonds is 3. The van der Waals surface area contributed by atoms with Gasteiger partial charge in [-0.05, 0) is 42.3 Å². The number of benzene rings is 1. The summed E-state index contributed by atoms with van der Waals surface area (Å²) in [5.41, 5.74) is 2.07. The van der Waals surface area contributed by atoms with Gasteiger partial charge >= 0.3 is 18.9 Å². The van der Waals surface area contributed by atoms with Gasteiger partial charge in [-0.25, -0.2) is 0 Å². The van der Waals surface area contributed by atoms with Crippen molar-refractivity contribution in [3.63, 3.8) is 0 Å². The summed E-state index contributed by atoms with van der Waals surface area (Å²) in [4.78, 5) is 0. The van der Waals surface area contributed by atoms with Crippen LogP contribution >= 0.6 is 7.92 Å². The molecule has 2 heteroatoms. The molecule has 3 rings (SSSR count). The Balaban J connectivity index is 0.00000110. The Kier molecular flexibility index (Phi) is 7.17. The van der Waals surface area contributed by atoms with Gasteiger partial charge in [0.2, 0.25) is 0 Å². The maximum Gasteiger partial charge on any atom is 1.00 e. The number of hydrogen-bond donors (Lipinski definition) is 0. The zero-order valence-electron chi connectivity index (χ0n) is 14.1. The molecular weight excluding hydrogens is 254 g/mol. The van der Waals surface area contributed by atoms with Gasteiger partial charge in [0.25, 0.3) is 0 Å². The van der Waals surface area contributed by atoms with Crippen molar-refractivity contribution >= 4 is 13.2 Å². The Morgan fingerprint density at radius 1 is 0.700 bits per heavy atom. The van der Waals surface area contributed by atoms with Crippen molar-refractivity contribution < 1.29 is 20.3 Å². The molecule has 1 aromatic carbocycles. The fraction of sp³-hybridized carbons (Fsp3) is 0.667. The van der Waals surface area contributed by atoms with Crippen LogP contribution in [0.4, 0.5) is 0 Å². The summed E-state index contributed by atoms with van der Waals surface area (Å²) >= 11 is 0. The molecule has 0 amide bonds. The largest absolute Gasteiger partial charge is 1.00 e. The van der Waals surface area contributed by atoms with E-state index in [9.17, 15) is 0 Å². The predicted molar refractivity (Wildman–Crippen MR) is 87.9 cm³/mol. The maximum atomic E-state index is 2.43. The van der Waals surface area contributed by atoms with E-state index in [2.05, 4.69) is 30.3 Å². The molecule has 0 atom stereocenters. The van der Waals surface area contributed by atoms with E-state index in [-0.39, 0.29) is 28.2 Å². The minimum atomic E-state index is 0. The molecule has 0 bridgehead atoms. The van der Waals surface area contributed by atoms with Crippen molar-refractivity contribution in [2.45, 2.75) is 75.5 Å². The van der Waals surface area contributed by atoms with Crippen molar-refractivity contribution in [2.24, 2.45) is 0 Å². The summed E-state index contributed by atoms with van der Waals surface area (Å²) in [5.74, 6) is 0. The second-order valence-electron chi connectivity index (χ2n) is 6.33. The summed E-state index contributed by atoms with van der Waals surface area (Å²) < 4.78 is 0.